The van der Waals surface area contributed by atoms with E-state index in [2.05, 4.69) is 15.8 Å². The highest BCUT2D eigenvalue weighted by Crippen LogP contribution is 2.36. The van der Waals surface area contributed by atoms with Crippen LogP contribution in [0, 0.1) is 23.3 Å². The number of carbonyl (C=O) groups is 3. The fourth-order valence-corrected chi connectivity index (χ4v) is 6.49. The summed E-state index contributed by atoms with van der Waals surface area (Å²) in [5.74, 6) is -4.14. The number of nitrogens with zero attached hydrogens (tertiary/aromatic N) is 1. The van der Waals surface area contributed by atoms with Crippen molar-refractivity contribution in [2.24, 2.45) is 5.16 Å². The Bertz CT molecular complexity index is 1820. The first-order valence-corrected chi connectivity index (χ1v) is 14.4. The lowest BCUT2D eigenvalue weighted by atomic mass is 10.1. The Morgan fingerprint density at radius 1 is 0.667 bits per heavy atom. The first-order chi connectivity index (χ1) is 20.7. The fraction of sp³-hybridized carbons (Fsp3) is 0.125. The van der Waals surface area contributed by atoms with Crippen molar-refractivity contribution in [1.29, 1.82) is 0 Å². The molecular weight excluding hydrogens is 630 g/mol. The number of amides is 2. The summed E-state index contributed by atoms with van der Waals surface area (Å²) in [6.45, 7) is 0. The number of halogens is 4. The van der Waals surface area contributed by atoms with Crippen LogP contribution in [0.2, 0.25) is 0 Å². The highest BCUT2D eigenvalue weighted by Gasteiger charge is 2.26. The summed E-state index contributed by atoms with van der Waals surface area (Å²) >= 11 is 2.69. The van der Waals surface area contributed by atoms with Gasteiger partial charge in [0.05, 0.1) is 22.6 Å². The standard InChI is InChI=1S/C15H10F2N2O2S.C15H9F2NO2S.2CH4/c16-11-5-4-8(6-12(11)17)18-15(20)10-3-1-2-9-13(19-21)7-22-14(9)10;16-11-5-4-8(6-12(11)17)18-15(20)10-3-1-2-9-13(19)7-21-14(9)10;;/h1-6,21H,7H2,(H,18,20);1-6H,7H2,(H,18,20);2*1H4/b19-13+;;;. The highest BCUT2D eigenvalue weighted by molar-refractivity contribution is 8.01. The molecule has 0 spiro atoms. The molecule has 6 rings (SSSR count). The number of thioether (sulfide) groups is 2. The third-order valence-corrected chi connectivity index (χ3v) is 8.59. The van der Waals surface area contributed by atoms with Crippen molar-refractivity contribution in [2.45, 2.75) is 24.6 Å². The van der Waals surface area contributed by atoms with E-state index < -0.39 is 35.1 Å². The Kier molecular flexibility index (Phi) is 11.5. The van der Waals surface area contributed by atoms with Gasteiger partial charge in [-0.1, -0.05) is 44.3 Å². The number of Topliss-reactive ketones (excluding diaryl/α,β-unsaturated/α-hetero) is 1. The molecule has 7 nitrogen and oxygen atoms in total. The summed E-state index contributed by atoms with van der Waals surface area (Å²) in [4.78, 5) is 37.5. The predicted octanol–water partition coefficient (Wildman–Crippen LogP) is 8.28. The summed E-state index contributed by atoms with van der Waals surface area (Å²) < 4.78 is 52.0. The Hall–Kier alpha value is -4.62. The zero-order valence-corrected chi connectivity index (χ0v) is 23.4. The van der Waals surface area contributed by atoms with Gasteiger partial charge in [0.15, 0.2) is 29.1 Å². The van der Waals surface area contributed by atoms with Crippen molar-refractivity contribution in [3.8, 4) is 0 Å². The molecule has 45 heavy (non-hydrogen) atoms. The summed E-state index contributed by atoms with van der Waals surface area (Å²) in [5.41, 5.74) is 2.80. The van der Waals surface area contributed by atoms with Crippen LogP contribution < -0.4 is 10.6 Å². The van der Waals surface area contributed by atoms with Gasteiger partial charge in [-0.25, -0.2) is 17.6 Å². The van der Waals surface area contributed by atoms with Crippen molar-refractivity contribution in [3.63, 3.8) is 0 Å². The molecule has 0 saturated heterocycles. The monoisotopic (exact) mass is 657 g/mol. The molecule has 2 aliphatic rings. The van der Waals surface area contributed by atoms with Crippen LogP contribution in [0.15, 0.2) is 87.7 Å². The number of ketones is 1. The van der Waals surface area contributed by atoms with E-state index in [9.17, 15) is 31.9 Å². The smallest absolute Gasteiger partial charge is 0.256 e. The topological polar surface area (TPSA) is 108 Å². The minimum Gasteiger partial charge on any atom is -0.411 e. The Morgan fingerprint density at radius 2 is 1.13 bits per heavy atom. The maximum absolute atomic E-state index is 13.2. The van der Waals surface area contributed by atoms with Gasteiger partial charge in [0, 0.05) is 50.2 Å². The van der Waals surface area contributed by atoms with Crippen molar-refractivity contribution < 1.29 is 37.2 Å². The minimum absolute atomic E-state index is 0. The van der Waals surface area contributed by atoms with E-state index in [1.165, 1.54) is 35.7 Å². The van der Waals surface area contributed by atoms with Gasteiger partial charge in [-0.05, 0) is 36.4 Å². The summed E-state index contributed by atoms with van der Waals surface area (Å²) in [6.07, 6.45) is 0. The number of fused-ring (bicyclic) bond motifs is 2. The maximum atomic E-state index is 13.2. The molecule has 2 aliphatic heterocycles. The lowest BCUT2D eigenvalue weighted by molar-refractivity contribution is 0.101. The number of benzene rings is 4. The molecule has 0 saturated carbocycles. The van der Waals surface area contributed by atoms with Crippen LogP contribution in [0.25, 0.3) is 0 Å². The van der Waals surface area contributed by atoms with E-state index in [1.807, 2.05) is 0 Å². The molecule has 0 fully saturated rings. The molecule has 0 radical (unpaired) electrons. The van der Waals surface area contributed by atoms with Gasteiger partial charge in [-0.3, -0.25) is 14.4 Å². The minimum atomic E-state index is -1.03. The molecule has 0 unspecified atom stereocenters. The molecule has 0 atom stereocenters. The van der Waals surface area contributed by atoms with E-state index in [-0.39, 0.29) is 32.0 Å². The zero-order chi connectivity index (χ0) is 30.7. The van der Waals surface area contributed by atoms with Crippen molar-refractivity contribution >= 4 is 58.2 Å². The van der Waals surface area contributed by atoms with E-state index in [1.54, 1.807) is 36.4 Å². The number of rotatable bonds is 4. The number of nitrogens with one attached hydrogen (secondary N) is 2. The average molecular weight is 658 g/mol. The van der Waals surface area contributed by atoms with Crippen LogP contribution in [0.1, 0.15) is 51.5 Å². The number of hydrogen-bond acceptors (Lipinski definition) is 7. The van der Waals surface area contributed by atoms with E-state index in [0.29, 0.717) is 49.3 Å². The second kappa shape index (κ2) is 14.9. The van der Waals surface area contributed by atoms with Crippen LogP contribution in [-0.2, 0) is 0 Å². The van der Waals surface area contributed by atoms with Crippen LogP contribution in [0.5, 0.6) is 0 Å². The summed E-state index contributed by atoms with van der Waals surface area (Å²) in [7, 11) is 0. The molecule has 0 bridgehead atoms. The predicted molar refractivity (Wildman–Crippen MR) is 169 cm³/mol. The van der Waals surface area contributed by atoms with Gasteiger partial charge in [-0.2, -0.15) is 0 Å². The van der Waals surface area contributed by atoms with Gasteiger partial charge < -0.3 is 15.8 Å². The second-order valence-electron chi connectivity index (χ2n) is 9.08. The molecule has 3 N–H and O–H groups in total. The molecule has 4 aromatic carbocycles. The van der Waals surface area contributed by atoms with Gasteiger partial charge in [-0.15, -0.1) is 23.5 Å². The lowest BCUT2D eigenvalue weighted by Gasteiger charge is -2.09. The van der Waals surface area contributed by atoms with Gasteiger partial charge in [0.2, 0.25) is 0 Å². The maximum Gasteiger partial charge on any atom is 0.256 e. The molecule has 234 valence electrons. The molecule has 4 aromatic rings. The summed E-state index contributed by atoms with van der Waals surface area (Å²) in [5, 5.41) is 17.2. The van der Waals surface area contributed by atoms with Crippen LogP contribution in [0.3, 0.4) is 0 Å². The number of carbonyl (C=O) groups excluding carboxylic acids is 3. The van der Waals surface area contributed by atoms with E-state index >= 15 is 0 Å². The number of anilines is 2. The van der Waals surface area contributed by atoms with E-state index in [0.717, 1.165) is 24.3 Å². The van der Waals surface area contributed by atoms with Crippen LogP contribution in [-0.4, -0.2) is 40.0 Å². The first-order valence-electron chi connectivity index (χ1n) is 12.4. The van der Waals surface area contributed by atoms with Crippen molar-refractivity contribution in [2.75, 3.05) is 22.1 Å². The van der Waals surface area contributed by atoms with Crippen molar-refractivity contribution in [1.82, 2.24) is 0 Å². The van der Waals surface area contributed by atoms with Gasteiger partial charge in [0.25, 0.3) is 11.8 Å². The third kappa shape index (κ3) is 7.55. The zero-order valence-electron chi connectivity index (χ0n) is 21.8. The van der Waals surface area contributed by atoms with Gasteiger partial charge >= 0.3 is 0 Å². The molecular formula is C32H27F4N3O4S2. The number of oxime groups is 1. The number of hydrogen-bond donors (Lipinski definition) is 3. The SMILES string of the molecule is C.C.O=C(Nc1ccc(F)c(F)c1)c1cccc2c1SC/C2=N\O.O=C1CSc2c1cccc2C(=O)Nc1ccc(F)c(F)c1. The molecule has 2 amide bonds. The van der Waals surface area contributed by atoms with Gasteiger partial charge in [0.1, 0.15) is 0 Å². The van der Waals surface area contributed by atoms with Crippen molar-refractivity contribution in [3.05, 3.63) is 118 Å². The van der Waals surface area contributed by atoms with Crippen LogP contribution >= 0.6 is 23.5 Å². The Labute approximate surface area is 265 Å². The van der Waals surface area contributed by atoms with Crippen LogP contribution in [0.4, 0.5) is 28.9 Å². The second-order valence-corrected chi connectivity index (χ2v) is 11.0. The third-order valence-electron chi connectivity index (χ3n) is 6.31. The fourth-order valence-electron chi connectivity index (χ4n) is 4.25. The first kappa shape index (κ1) is 34.9. The molecule has 2 heterocycles. The average Bonchev–Trinajstić information content (AvgIpc) is 3.60. The molecule has 0 aromatic heterocycles. The molecule has 0 aliphatic carbocycles. The Morgan fingerprint density at radius 3 is 1.62 bits per heavy atom. The summed E-state index contributed by atoms with van der Waals surface area (Å²) in [6, 6.07) is 16.2. The largest absolute Gasteiger partial charge is 0.411 e. The highest BCUT2D eigenvalue weighted by atomic mass is 32.2. The Balaban J connectivity index is 0.000000235. The van der Waals surface area contributed by atoms with E-state index in [4.69, 9.17) is 5.21 Å². The normalized spacial score (nSPS) is 13.4. The lowest BCUT2D eigenvalue weighted by Crippen LogP contribution is -2.13. The molecule has 13 heteroatoms. The quantitative estimate of drug-likeness (QED) is 0.116.